The monoisotopic (exact) mass is 461 g/mol. The Balaban J connectivity index is 1.58. The quantitative estimate of drug-likeness (QED) is 0.674. The van der Waals surface area contributed by atoms with Gasteiger partial charge in [-0.2, -0.15) is 0 Å². The lowest BCUT2D eigenvalue weighted by atomic mass is 9.82. The highest BCUT2D eigenvalue weighted by Crippen LogP contribution is 2.31. The molecule has 2 heterocycles. The van der Waals surface area contributed by atoms with Crippen LogP contribution in [0.4, 0.5) is 4.39 Å². The molecular weight excluding hydrogens is 433 g/mol. The van der Waals surface area contributed by atoms with Gasteiger partial charge in [0.2, 0.25) is 5.91 Å². The zero-order valence-corrected chi connectivity index (χ0v) is 19.2. The average Bonchev–Trinajstić information content (AvgIpc) is 3.27. The minimum absolute atomic E-state index is 0.00850. The predicted molar refractivity (Wildman–Crippen MR) is 120 cm³/mol. The number of rotatable bonds is 5. The number of benzene rings is 1. The van der Waals surface area contributed by atoms with E-state index in [0.29, 0.717) is 24.4 Å². The number of piperazine rings is 1. The van der Waals surface area contributed by atoms with Crippen LogP contribution in [-0.2, 0) is 4.79 Å². The van der Waals surface area contributed by atoms with Crippen molar-refractivity contribution in [1.82, 2.24) is 15.4 Å². The van der Waals surface area contributed by atoms with Crippen LogP contribution in [0.25, 0.3) is 11.3 Å². The molecule has 0 radical (unpaired) electrons. The normalized spacial score (nSPS) is 22.3. The molecule has 2 atom stereocenters. The van der Waals surface area contributed by atoms with Crippen LogP contribution in [0, 0.1) is 17.7 Å². The summed E-state index contributed by atoms with van der Waals surface area (Å²) in [5.41, 5.74) is 0.551. The fourth-order valence-corrected chi connectivity index (χ4v) is 4.94. The van der Waals surface area contributed by atoms with Crippen LogP contribution in [0.2, 0.25) is 5.02 Å². The van der Waals surface area contributed by atoms with Crippen molar-refractivity contribution >= 4 is 23.4 Å². The highest BCUT2D eigenvalue weighted by atomic mass is 35.5. The van der Waals surface area contributed by atoms with Crippen LogP contribution in [0.3, 0.4) is 0 Å². The van der Waals surface area contributed by atoms with Gasteiger partial charge < -0.3 is 14.7 Å². The zero-order chi connectivity index (χ0) is 22.8. The van der Waals surface area contributed by atoms with E-state index in [1.165, 1.54) is 24.6 Å². The first-order chi connectivity index (χ1) is 15.3. The summed E-state index contributed by atoms with van der Waals surface area (Å²) < 4.78 is 19.2. The Morgan fingerprint density at radius 2 is 2.03 bits per heavy atom. The lowest BCUT2D eigenvalue weighted by molar-refractivity contribution is -0.131. The van der Waals surface area contributed by atoms with Gasteiger partial charge in [-0.15, -0.1) is 0 Å². The summed E-state index contributed by atoms with van der Waals surface area (Å²) in [5.74, 6) is -0.110. The number of hydrogen-bond acceptors (Lipinski definition) is 4. The molecule has 2 unspecified atom stereocenters. The topological polar surface area (TPSA) is 75.4 Å². The Morgan fingerprint density at radius 1 is 1.28 bits per heavy atom. The smallest absolute Gasteiger partial charge is 0.276 e. The van der Waals surface area contributed by atoms with Gasteiger partial charge in [-0.05, 0) is 49.3 Å². The Morgan fingerprint density at radius 3 is 2.72 bits per heavy atom. The molecule has 2 aliphatic rings. The molecule has 1 aromatic heterocycles. The second kappa shape index (κ2) is 9.61. The standard InChI is InChI=1S/C24H29ClFN3O3/c1-14(2)10-21-23(30)27-20(15-6-4-3-5-7-15)13-29(21)24(31)19-12-22(32-28-19)16-8-9-17(25)18(26)11-16/h8-9,11-12,14-15,20-21H,3-7,10,13H2,1-2H3,(H,27,30). The van der Waals surface area contributed by atoms with Crippen LogP contribution >= 0.6 is 11.6 Å². The van der Waals surface area contributed by atoms with E-state index < -0.39 is 11.9 Å². The molecule has 1 aliphatic carbocycles. The lowest BCUT2D eigenvalue weighted by Gasteiger charge is -2.43. The van der Waals surface area contributed by atoms with E-state index in [-0.39, 0.29) is 40.3 Å². The van der Waals surface area contributed by atoms with Gasteiger partial charge in [0.05, 0.1) is 5.02 Å². The largest absolute Gasteiger partial charge is 0.355 e. The second-order valence-electron chi connectivity index (χ2n) is 9.32. The Hall–Kier alpha value is -2.41. The number of carbonyl (C=O) groups excluding carboxylic acids is 2. The summed E-state index contributed by atoms with van der Waals surface area (Å²) in [5, 5.41) is 7.14. The van der Waals surface area contributed by atoms with Crippen molar-refractivity contribution in [1.29, 1.82) is 0 Å². The molecule has 1 N–H and O–H groups in total. The summed E-state index contributed by atoms with van der Waals surface area (Å²) in [4.78, 5) is 28.1. The second-order valence-corrected chi connectivity index (χ2v) is 9.73. The maximum atomic E-state index is 13.8. The number of hydrogen-bond donors (Lipinski definition) is 1. The molecule has 1 saturated heterocycles. The fraction of sp³-hybridized carbons (Fsp3) is 0.542. The Kier molecular flexibility index (Phi) is 6.84. The summed E-state index contributed by atoms with van der Waals surface area (Å²) >= 11 is 5.75. The maximum absolute atomic E-state index is 13.8. The summed E-state index contributed by atoms with van der Waals surface area (Å²) in [6, 6.07) is 5.18. The maximum Gasteiger partial charge on any atom is 0.276 e. The van der Waals surface area contributed by atoms with E-state index in [9.17, 15) is 14.0 Å². The third-order valence-corrected chi connectivity index (χ3v) is 6.81. The Labute approximate surface area is 192 Å². The molecule has 2 amide bonds. The van der Waals surface area contributed by atoms with Crippen molar-refractivity contribution < 1.29 is 18.5 Å². The molecule has 0 spiro atoms. The van der Waals surface area contributed by atoms with Gasteiger partial charge in [-0.1, -0.05) is 49.9 Å². The van der Waals surface area contributed by atoms with E-state index in [1.54, 1.807) is 11.0 Å². The number of aromatic nitrogens is 1. The third-order valence-electron chi connectivity index (χ3n) is 6.51. The van der Waals surface area contributed by atoms with Crippen LogP contribution in [0.5, 0.6) is 0 Å². The molecule has 1 aromatic carbocycles. The van der Waals surface area contributed by atoms with Crippen molar-refractivity contribution in [2.75, 3.05) is 6.54 Å². The van der Waals surface area contributed by atoms with Crippen molar-refractivity contribution in [3.8, 4) is 11.3 Å². The molecule has 4 rings (SSSR count). The molecule has 1 aliphatic heterocycles. The van der Waals surface area contributed by atoms with Crippen LogP contribution in [0.15, 0.2) is 28.8 Å². The average molecular weight is 462 g/mol. The molecule has 1 saturated carbocycles. The van der Waals surface area contributed by atoms with E-state index >= 15 is 0 Å². The van der Waals surface area contributed by atoms with Crippen LogP contribution < -0.4 is 5.32 Å². The number of nitrogens with zero attached hydrogens (tertiary/aromatic N) is 2. The van der Waals surface area contributed by atoms with Gasteiger partial charge >= 0.3 is 0 Å². The third kappa shape index (κ3) is 4.82. The van der Waals surface area contributed by atoms with Gasteiger partial charge in [0, 0.05) is 24.2 Å². The Bertz CT molecular complexity index is 987. The van der Waals surface area contributed by atoms with Gasteiger partial charge in [0.15, 0.2) is 11.5 Å². The van der Waals surface area contributed by atoms with E-state index in [0.717, 1.165) is 25.7 Å². The van der Waals surface area contributed by atoms with E-state index in [2.05, 4.69) is 10.5 Å². The van der Waals surface area contributed by atoms with E-state index in [4.69, 9.17) is 16.1 Å². The van der Waals surface area contributed by atoms with Crippen molar-refractivity contribution in [2.45, 2.75) is 64.5 Å². The summed E-state index contributed by atoms with van der Waals surface area (Å²) in [7, 11) is 0. The molecule has 2 fully saturated rings. The first-order valence-electron chi connectivity index (χ1n) is 11.4. The number of halogens is 2. The highest BCUT2D eigenvalue weighted by Gasteiger charge is 2.41. The molecule has 32 heavy (non-hydrogen) atoms. The van der Waals surface area contributed by atoms with Crippen molar-refractivity contribution in [3.63, 3.8) is 0 Å². The zero-order valence-electron chi connectivity index (χ0n) is 18.4. The number of amides is 2. The van der Waals surface area contributed by atoms with Crippen molar-refractivity contribution in [2.24, 2.45) is 11.8 Å². The van der Waals surface area contributed by atoms with Gasteiger partial charge in [0.1, 0.15) is 11.9 Å². The van der Waals surface area contributed by atoms with Crippen molar-refractivity contribution in [3.05, 3.63) is 40.8 Å². The van der Waals surface area contributed by atoms with Crippen LogP contribution in [-0.4, -0.2) is 40.5 Å². The van der Waals surface area contributed by atoms with Gasteiger partial charge in [0.25, 0.3) is 5.91 Å². The number of nitrogens with one attached hydrogen (secondary N) is 1. The minimum Gasteiger partial charge on any atom is -0.355 e. The first-order valence-corrected chi connectivity index (χ1v) is 11.7. The van der Waals surface area contributed by atoms with Gasteiger partial charge in [-0.3, -0.25) is 9.59 Å². The molecular formula is C24H29ClFN3O3. The molecule has 172 valence electrons. The highest BCUT2D eigenvalue weighted by molar-refractivity contribution is 6.30. The summed E-state index contributed by atoms with van der Waals surface area (Å²) in [6.45, 7) is 4.53. The first kappa shape index (κ1) is 22.8. The molecule has 6 nitrogen and oxygen atoms in total. The van der Waals surface area contributed by atoms with E-state index in [1.807, 2.05) is 13.8 Å². The fourth-order valence-electron chi connectivity index (χ4n) is 4.82. The predicted octanol–water partition coefficient (Wildman–Crippen LogP) is 5.07. The minimum atomic E-state index is -0.575. The molecule has 2 aromatic rings. The lowest BCUT2D eigenvalue weighted by Crippen LogP contribution is -2.63. The molecule has 0 bridgehead atoms. The molecule has 8 heteroatoms. The van der Waals surface area contributed by atoms with Gasteiger partial charge in [-0.25, -0.2) is 4.39 Å². The summed E-state index contributed by atoms with van der Waals surface area (Å²) in [6.07, 6.45) is 6.25. The van der Waals surface area contributed by atoms with Crippen LogP contribution in [0.1, 0.15) is 62.9 Å². The number of carbonyl (C=O) groups is 2. The SMILES string of the molecule is CC(C)CC1C(=O)NC(C2CCCCC2)CN1C(=O)c1cc(-c2ccc(Cl)c(F)c2)on1.